The minimum absolute atomic E-state index is 0.0272. The normalized spacial score (nSPS) is 22.3. The number of aliphatic hydroxyl groups excluding tert-OH is 1. The molecule has 2 saturated heterocycles. The zero-order valence-electron chi connectivity index (χ0n) is 22.2. The number of rotatable bonds is 6. The molecule has 2 aliphatic rings. The van der Waals surface area contributed by atoms with Crippen molar-refractivity contribution in [3.05, 3.63) is 12.7 Å². The van der Waals surface area contributed by atoms with E-state index in [-0.39, 0.29) is 55.2 Å². The fourth-order valence-electron chi connectivity index (χ4n) is 4.01. The summed E-state index contributed by atoms with van der Waals surface area (Å²) in [5.74, 6) is 0.0355. The number of hydrogen-bond donors (Lipinski definition) is 5. The summed E-state index contributed by atoms with van der Waals surface area (Å²) in [6.45, 7) is 3.89. The number of fused-ring (bicyclic) bond motifs is 2. The van der Waals surface area contributed by atoms with Crippen molar-refractivity contribution in [2.24, 2.45) is 5.92 Å². The first-order valence-electron chi connectivity index (χ1n) is 12.5. The zero-order valence-corrected chi connectivity index (χ0v) is 22.2. The Balaban J connectivity index is 0.000000169. The van der Waals surface area contributed by atoms with Crippen molar-refractivity contribution in [2.45, 2.75) is 38.9 Å². The molecule has 2 aliphatic heterocycles. The number of carbonyl (C=O) groups is 1. The van der Waals surface area contributed by atoms with Crippen molar-refractivity contribution >= 4 is 51.8 Å². The number of carbonyl (C=O) groups excluding carboxylic acids is 1. The van der Waals surface area contributed by atoms with E-state index in [1.807, 2.05) is 0 Å². The number of nitrogens with zero attached hydrogens (tertiary/aromatic N) is 8. The SMILES string of the molecule is CC(C)C(=O)OC[C@@H]1OC[C@H](n2cnc3c(N)nc(N)nc32)O1.Nc1nc(N)c2ncn([C@H]3CO[C@@H](CO)O3)c2n1. The maximum atomic E-state index is 11.5. The molecular weight excluding hydrogens is 544 g/mol. The quantitative estimate of drug-likeness (QED) is 0.171. The summed E-state index contributed by atoms with van der Waals surface area (Å²) in [5.41, 5.74) is 24.5. The van der Waals surface area contributed by atoms with Gasteiger partial charge in [0.05, 0.1) is 38.4 Å². The molecule has 220 valence electrons. The molecule has 0 radical (unpaired) electrons. The molecule has 0 spiro atoms. The molecule has 19 heteroatoms. The average Bonchev–Trinajstić information content (AvgIpc) is 3.72. The summed E-state index contributed by atoms with van der Waals surface area (Å²) >= 11 is 0. The standard InChI is InChI=1S/C13H18N6O4.C9H12N6O3/c1-6(2)12(20)22-4-8-21-3-7(23-8)19-5-16-9-10(14)17-13(15)18-11(9)19;10-7-6-8(14-9(11)13-7)15(3-12-6)4-2-17-5(1-16)18-4/h5-8H,3-4H2,1-2H3,(H4,14,15,17,18);3-5,16H,1-2H2,(H4,10,11,13,14)/t7-,8-;4-,5-/m11/s1. The van der Waals surface area contributed by atoms with Crippen LogP contribution in [0, 0.1) is 5.92 Å². The Bertz CT molecular complexity index is 1540. The number of nitrogen functional groups attached to an aromatic ring is 4. The van der Waals surface area contributed by atoms with Crippen LogP contribution in [0.4, 0.5) is 23.5 Å². The van der Waals surface area contributed by atoms with Crippen molar-refractivity contribution in [2.75, 3.05) is 49.4 Å². The molecule has 2 fully saturated rings. The van der Waals surface area contributed by atoms with Crippen LogP contribution < -0.4 is 22.9 Å². The van der Waals surface area contributed by atoms with Crippen LogP contribution in [0.5, 0.6) is 0 Å². The van der Waals surface area contributed by atoms with Gasteiger partial charge in [-0.25, -0.2) is 9.97 Å². The van der Waals surface area contributed by atoms with E-state index < -0.39 is 25.0 Å². The number of nitrogens with two attached hydrogens (primary N) is 4. The monoisotopic (exact) mass is 574 g/mol. The van der Waals surface area contributed by atoms with Gasteiger partial charge in [0.15, 0.2) is 48.0 Å². The molecule has 4 atom stereocenters. The number of anilines is 4. The van der Waals surface area contributed by atoms with E-state index in [0.717, 1.165) is 0 Å². The Kier molecular flexibility index (Phi) is 7.94. The van der Waals surface area contributed by atoms with Gasteiger partial charge in [0, 0.05) is 0 Å². The van der Waals surface area contributed by atoms with Crippen LogP contribution in [0.25, 0.3) is 22.3 Å². The van der Waals surface area contributed by atoms with Crippen LogP contribution in [-0.4, -0.2) is 89.1 Å². The van der Waals surface area contributed by atoms with Crippen molar-refractivity contribution in [1.29, 1.82) is 0 Å². The number of esters is 1. The van der Waals surface area contributed by atoms with Gasteiger partial charge < -0.3 is 51.7 Å². The zero-order chi connectivity index (χ0) is 29.3. The summed E-state index contributed by atoms with van der Waals surface area (Å²) in [6.07, 6.45) is 0.909. The molecule has 9 N–H and O–H groups in total. The molecule has 0 saturated carbocycles. The van der Waals surface area contributed by atoms with Crippen LogP contribution in [0.15, 0.2) is 12.7 Å². The van der Waals surface area contributed by atoms with E-state index >= 15 is 0 Å². The number of ether oxygens (including phenoxy) is 5. The number of aliphatic hydroxyl groups is 1. The van der Waals surface area contributed by atoms with Gasteiger partial charge in [-0.1, -0.05) is 13.8 Å². The van der Waals surface area contributed by atoms with Crippen LogP contribution in [0.2, 0.25) is 0 Å². The molecule has 6 rings (SSSR count). The Hall–Kier alpha value is -4.43. The minimum Gasteiger partial charge on any atom is -0.460 e. The highest BCUT2D eigenvalue weighted by Crippen LogP contribution is 2.27. The summed E-state index contributed by atoms with van der Waals surface area (Å²) in [6, 6.07) is 0. The smallest absolute Gasteiger partial charge is 0.308 e. The molecule has 4 aromatic rings. The Morgan fingerprint density at radius 1 is 0.902 bits per heavy atom. The van der Waals surface area contributed by atoms with E-state index in [2.05, 4.69) is 29.9 Å². The summed E-state index contributed by atoms with van der Waals surface area (Å²) in [5, 5.41) is 8.94. The highest BCUT2D eigenvalue weighted by molar-refractivity contribution is 5.83. The fraction of sp³-hybridized carbons (Fsp3) is 0.500. The highest BCUT2D eigenvalue weighted by Gasteiger charge is 2.31. The number of hydrogen-bond acceptors (Lipinski definition) is 17. The van der Waals surface area contributed by atoms with Gasteiger partial charge in [-0.15, -0.1) is 0 Å². The van der Waals surface area contributed by atoms with Crippen LogP contribution in [-0.2, 0) is 28.5 Å². The van der Waals surface area contributed by atoms with Gasteiger partial charge in [0.25, 0.3) is 0 Å². The lowest BCUT2D eigenvalue weighted by Gasteiger charge is -2.14. The lowest BCUT2D eigenvalue weighted by molar-refractivity contribution is -0.162. The Morgan fingerprint density at radius 3 is 1.85 bits per heavy atom. The van der Waals surface area contributed by atoms with E-state index in [0.29, 0.717) is 28.9 Å². The van der Waals surface area contributed by atoms with Crippen LogP contribution >= 0.6 is 0 Å². The largest absolute Gasteiger partial charge is 0.460 e. The van der Waals surface area contributed by atoms with E-state index in [4.69, 9.17) is 51.7 Å². The minimum atomic E-state index is -0.642. The number of aromatic nitrogens is 8. The lowest BCUT2D eigenvalue weighted by atomic mass is 10.2. The van der Waals surface area contributed by atoms with Gasteiger partial charge in [-0.3, -0.25) is 13.9 Å². The van der Waals surface area contributed by atoms with Crippen molar-refractivity contribution in [3.8, 4) is 0 Å². The predicted molar refractivity (Wildman–Crippen MR) is 141 cm³/mol. The summed E-state index contributed by atoms with van der Waals surface area (Å²) in [7, 11) is 0. The molecule has 0 aromatic carbocycles. The van der Waals surface area contributed by atoms with Gasteiger partial charge in [-0.05, 0) is 0 Å². The topological polar surface area (TPSA) is 275 Å². The molecule has 19 nitrogen and oxygen atoms in total. The third-order valence-electron chi connectivity index (χ3n) is 6.00. The Labute approximate surface area is 231 Å². The summed E-state index contributed by atoms with van der Waals surface area (Å²) in [4.78, 5) is 35.6. The third-order valence-corrected chi connectivity index (χ3v) is 6.00. The molecule has 0 bridgehead atoms. The number of imidazole rings is 2. The second-order valence-corrected chi connectivity index (χ2v) is 9.26. The van der Waals surface area contributed by atoms with Crippen LogP contribution in [0.1, 0.15) is 26.3 Å². The Morgan fingerprint density at radius 2 is 1.39 bits per heavy atom. The van der Waals surface area contributed by atoms with E-state index in [9.17, 15) is 4.79 Å². The van der Waals surface area contributed by atoms with Gasteiger partial charge >= 0.3 is 5.97 Å². The average molecular weight is 575 g/mol. The first kappa shape index (κ1) is 28.1. The predicted octanol–water partition coefficient (Wildman–Crippen LogP) is -1.08. The summed E-state index contributed by atoms with van der Waals surface area (Å²) < 4.78 is 30.3. The maximum absolute atomic E-state index is 11.5. The van der Waals surface area contributed by atoms with Crippen molar-refractivity contribution in [3.63, 3.8) is 0 Å². The van der Waals surface area contributed by atoms with Crippen molar-refractivity contribution in [1.82, 2.24) is 39.0 Å². The molecule has 4 aromatic heterocycles. The van der Waals surface area contributed by atoms with Gasteiger partial charge in [0.2, 0.25) is 11.9 Å². The third kappa shape index (κ3) is 5.88. The molecule has 0 aliphatic carbocycles. The molecule has 41 heavy (non-hydrogen) atoms. The van der Waals surface area contributed by atoms with E-state index in [1.54, 1.807) is 23.0 Å². The van der Waals surface area contributed by atoms with E-state index in [1.165, 1.54) is 12.7 Å². The highest BCUT2D eigenvalue weighted by atomic mass is 16.7. The second kappa shape index (κ2) is 11.6. The molecule has 0 amide bonds. The first-order valence-corrected chi connectivity index (χ1v) is 12.5. The second-order valence-electron chi connectivity index (χ2n) is 9.26. The van der Waals surface area contributed by atoms with Gasteiger partial charge in [-0.2, -0.15) is 19.9 Å². The van der Waals surface area contributed by atoms with Crippen LogP contribution in [0.3, 0.4) is 0 Å². The molecular formula is C22H30N12O7. The maximum Gasteiger partial charge on any atom is 0.308 e. The molecule has 0 unspecified atom stereocenters. The molecule has 6 heterocycles. The van der Waals surface area contributed by atoms with Crippen molar-refractivity contribution < 1.29 is 33.6 Å². The van der Waals surface area contributed by atoms with Gasteiger partial charge in [0.1, 0.15) is 17.6 Å². The first-order chi connectivity index (χ1) is 19.6. The lowest BCUT2D eigenvalue weighted by Crippen LogP contribution is -2.22. The fourth-order valence-corrected chi connectivity index (χ4v) is 4.01.